The summed E-state index contributed by atoms with van der Waals surface area (Å²) in [5, 5.41) is 0. The van der Waals surface area contributed by atoms with Gasteiger partial charge in [0.15, 0.2) is 0 Å². The van der Waals surface area contributed by atoms with Gasteiger partial charge in [-0.2, -0.15) is 0 Å². The van der Waals surface area contributed by atoms with Gasteiger partial charge in [-0.3, -0.25) is 14.6 Å². The zero-order chi connectivity index (χ0) is 17.8. The second-order valence-electron chi connectivity index (χ2n) is 5.20. The van der Waals surface area contributed by atoms with Crippen LogP contribution in [-0.2, 0) is 0 Å². The Labute approximate surface area is 137 Å². The standard InChI is InChI=1S/C16H6F3N3O3/c17-16(18,19)25-7-1-2-10-11(5-7)22-12-13(21-10)15(24)9-6-20-4-3-8(9)14(12)23/h1-6H. The third kappa shape index (κ3) is 2.49. The van der Waals surface area contributed by atoms with E-state index in [1.807, 2.05) is 0 Å². The van der Waals surface area contributed by atoms with Crippen molar-refractivity contribution in [3.63, 3.8) is 0 Å². The number of hydrogen-bond acceptors (Lipinski definition) is 6. The number of ether oxygens (including phenoxy) is 1. The number of carbonyl (C=O) groups excluding carboxylic acids is 2. The highest BCUT2D eigenvalue weighted by molar-refractivity contribution is 6.27. The molecule has 0 aliphatic heterocycles. The molecule has 0 unspecified atom stereocenters. The lowest BCUT2D eigenvalue weighted by Crippen LogP contribution is -2.24. The molecule has 3 aromatic rings. The summed E-state index contributed by atoms with van der Waals surface area (Å²) < 4.78 is 40.8. The quantitative estimate of drug-likeness (QED) is 0.528. The SMILES string of the molecule is O=C1c2cnccc2C(=O)c2nc3cc(OC(F)(F)F)ccc3nc21. The fourth-order valence-corrected chi connectivity index (χ4v) is 2.58. The maximum absolute atomic E-state index is 12.5. The summed E-state index contributed by atoms with van der Waals surface area (Å²) in [6.07, 6.45) is -2.23. The molecule has 25 heavy (non-hydrogen) atoms. The van der Waals surface area contributed by atoms with Gasteiger partial charge in [-0.25, -0.2) is 9.97 Å². The van der Waals surface area contributed by atoms with Crippen molar-refractivity contribution in [3.8, 4) is 5.75 Å². The third-order valence-corrected chi connectivity index (χ3v) is 3.61. The first-order valence-corrected chi connectivity index (χ1v) is 6.94. The van der Waals surface area contributed by atoms with Crippen molar-refractivity contribution >= 4 is 22.6 Å². The molecular formula is C16H6F3N3O3. The lowest BCUT2D eigenvalue weighted by Gasteiger charge is -2.16. The van der Waals surface area contributed by atoms with E-state index in [-0.39, 0.29) is 33.5 Å². The summed E-state index contributed by atoms with van der Waals surface area (Å²) >= 11 is 0. The van der Waals surface area contributed by atoms with Crippen LogP contribution in [0.25, 0.3) is 11.0 Å². The van der Waals surface area contributed by atoms with Crippen LogP contribution in [0.4, 0.5) is 13.2 Å². The van der Waals surface area contributed by atoms with Crippen molar-refractivity contribution in [3.05, 3.63) is 59.2 Å². The van der Waals surface area contributed by atoms with E-state index in [0.29, 0.717) is 0 Å². The zero-order valence-corrected chi connectivity index (χ0v) is 12.2. The van der Waals surface area contributed by atoms with Crippen LogP contribution in [0.3, 0.4) is 0 Å². The number of carbonyl (C=O) groups is 2. The molecular weight excluding hydrogens is 339 g/mol. The molecule has 0 spiro atoms. The van der Waals surface area contributed by atoms with Crippen molar-refractivity contribution < 1.29 is 27.5 Å². The number of alkyl halides is 3. The molecule has 0 saturated heterocycles. The van der Waals surface area contributed by atoms with Gasteiger partial charge in [0.25, 0.3) is 0 Å². The Morgan fingerprint density at radius 1 is 0.880 bits per heavy atom. The molecule has 2 heterocycles. The van der Waals surface area contributed by atoms with E-state index in [1.54, 1.807) is 0 Å². The Morgan fingerprint density at radius 3 is 2.28 bits per heavy atom. The minimum absolute atomic E-state index is 0.0131. The van der Waals surface area contributed by atoms with Gasteiger partial charge in [0.05, 0.1) is 16.6 Å². The number of pyridine rings is 1. The van der Waals surface area contributed by atoms with Gasteiger partial charge in [0.2, 0.25) is 11.6 Å². The minimum atomic E-state index is -4.85. The molecule has 6 nitrogen and oxygen atoms in total. The number of ketones is 2. The average molecular weight is 345 g/mol. The summed E-state index contributed by atoms with van der Waals surface area (Å²) in [5.74, 6) is -1.54. The second-order valence-corrected chi connectivity index (χ2v) is 5.20. The van der Waals surface area contributed by atoms with E-state index in [4.69, 9.17) is 0 Å². The van der Waals surface area contributed by atoms with Crippen LogP contribution in [0.5, 0.6) is 5.75 Å². The summed E-state index contributed by atoms with van der Waals surface area (Å²) in [7, 11) is 0. The van der Waals surface area contributed by atoms with Crippen molar-refractivity contribution in [2.75, 3.05) is 0 Å². The molecule has 9 heteroatoms. The van der Waals surface area contributed by atoms with E-state index in [1.165, 1.54) is 24.5 Å². The van der Waals surface area contributed by atoms with Gasteiger partial charge in [-0.05, 0) is 18.2 Å². The number of halogens is 3. The highest BCUT2D eigenvalue weighted by Crippen LogP contribution is 2.29. The van der Waals surface area contributed by atoms with Gasteiger partial charge in [0, 0.05) is 24.0 Å². The van der Waals surface area contributed by atoms with Crippen LogP contribution in [0.1, 0.15) is 32.1 Å². The Bertz CT molecular complexity index is 1060. The Morgan fingerprint density at radius 2 is 1.56 bits per heavy atom. The monoisotopic (exact) mass is 345 g/mol. The highest BCUT2D eigenvalue weighted by atomic mass is 19.4. The van der Waals surface area contributed by atoms with Crippen LogP contribution >= 0.6 is 0 Å². The van der Waals surface area contributed by atoms with E-state index in [2.05, 4.69) is 19.7 Å². The first-order valence-electron chi connectivity index (χ1n) is 6.94. The second kappa shape index (κ2) is 5.07. The Kier molecular flexibility index (Phi) is 3.08. The molecule has 4 rings (SSSR count). The number of fused-ring (bicyclic) bond motifs is 3. The largest absolute Gasteiger partial charge is 0.573 e. The molecule has 0 bridgehead atoms. The summed E-state index contributed by atoms with van der Waals surface area (Å²) in [6, 6.07) is 4.69. The number of benzene rings is 1. The average Bonchev–Trinajstić information content (AvgIpc) is 2.57. The lowest BCUT2D eigenvalue weighted by atomic mass is 9.91. The van der Waals surface area contributed by atoms with Gasteiger partial charge in [0.1, 0.15) is 17.1 Å². The van der Waals surface area contributed by atoms with Gasteiger partial charge in [-0.15, -0.1) is 13.2 Å². The highest BCUT2D eigenvalue weighted by Gasteiger charge is 2.34. The van der Waals surface area contributed by atoms with Gasteiger partial charge >= 0.3 is 6.36 Å². The lowest BCUT2D eigenvalue weighted by molar-refractivity contribution is -0.274. The first-order chi connectivity index (χ1) is 11.8. The van der Waals surface area contributed by atoms with E-state index in [9.17, 15) is 22.8 Å². The van der Waals surface area contributed by atoms with Crippen LogP contribution < -0.4 is 4.74 Å². The molecule has 0 amide bonds. The van der Waals surface area contributed by atoms with Crippen molar-refractivity contribution in [1.29, 1.82) is 0 Å². The first kappa shape index (κ1) is 15.2. The molecule has 2 aromatic heterocycles. The molecule has 124 valence electrons. The number of nitrogens with zero attached hydrogens (tertiary/aromatic N) is 3. The molecule has 1 aromatic carbocycles. The number of hydrogen-bond donors (Lipinski definition) is 0. The maximum atomic E-state index is 12.5. The van der Waals surface area contributed by atoms with Crippen molar-refractivity contribution in [2.24, 2.45) is 0 Å². The van der Waals surface area contributed by atoms with Crippen LogP contribution in [-0.4, -0.2) is 32.9 Å². The maximum Gasteiger partial charge on any atom is 0.573 e. The Balaban J connectivity index is 1.88. The molecule has 0 radical (unpaired) electrons. The van der Waals surface area contributed by atoms with Gasteiger partial charge in [-0.1, -0.05) is 0 Å². The third-order valence-electron chi connectivity index (χ3n) is 3.61. The molecule has 0 saturated carbocycles. The predicted molar refractivity (Wildman–Crippen MR) is 77.3 cm³/mol. The van der Waals surface area contributed by atoms with Crippen molar-refractivity contribution in [2.45, 2.75) is 6.36 Å². The predicted octanol–water partition coefficient (Wildman–Crippen LogP) is 2.70. The van der Waals surface area contributed by atoms with E-state index < -0.39 is 23.7 Å². The normalized spacial score (nSPS) is 13.6. The summed E-state index contributed by atoms with van der Waals surface area (Å²) in [5.41, 5.74) is 0.0679. The molecule has 1 aliphatic carbocycles. The number of rotatable bonds is 1. The molecule has 1 aliphatic rings. The summed E-state index contributed by atoms with van der Waals surface area (Å²) in [4.78, 5) is 36.9. The number of aromatic nitrogens is 3. The van der Waals surface area contributed by atoms with Gasteiger partial charge < -0.3 is 4.74 Å². The molecule has 0 N–H and O–H groups in total. The fraction of sp³-hybridized carbons (Fsp3) is 0.0625. The van der Waals surface area contributed by atoms with E-state index >= 15 is 0 Å². The molecule has 0 atom stereocenters. The van der Waals surface area contributed by atoms with Crippen LogP contribution in [0.2, 0.25) is 0 Å². The minimum Gasteiger partial charge on any atom is -0.406 e. The van der Waals surface area contributed by atoms with Crippen LogP contribution in [0, 0.1) is 0 Å². The smallest absolute Gasteiger partial charge is 0.406 e. The van der Waals surface area contributed by atoms with Crippen molar-refractivity contribution in [1.82, 2.24) is 15.0 Å². The zero-order valence-electron chi connectivity index (χ0n) is 12.2. The fourth-order valence-electron chi connectivity index (χ4n) is 2.58. The topological polar surface area (TPSA) is 82.0 Å². The van der Waals surface area contributed by atoms with Crippen LogP contribution in [0.15, 0.2) is 36.7 Å². The summed E-state index contributed by atoms with van der Waals surface area (Å²) in [6.45, 7) is 0. The molecule has 0 fully saturated rings. The van der Waals surface area contributed by atoms with E-state index in [0.717, 1.165) is 12.1 Å². The Hall–Kier alpha value is -3.36.